The zero-order valence-electron chi connectivity index (χ0n) is 7.96. The largest absolute Gasteiger partial charge is 0.126 e. The van der Waals surface area contributed by atoms with Gasteiger partial charge in [-0.25, -0.2) is 0 Å². The summed E-state index contributed by atoms with van der Waals surface area (Å²) in [7, 11) is -1.13. The van der Waals surface area contributed by atoms with Gasteiger partial charge in [0.25, 0.3) is 0 Å². The Morgan fingerprint density at radius 3 is 1.40 bits per heavy atom. The summed E-state index contributed by atoms with van der Waals surface area (Å²) in [6, 6.07) is 0. The molecule has 10 heavy (non-hydrogen) atoms. The third kappa shape index (κ3) is 3.06. The quantitative estimate of drug-likeness (QED) is 0.426. The van der Waals surface area contributed by atoms with Gasteiger partial charge in [0, 0.05) is 5.00 Å². The summed E-state index contributed by atoms with van der Waals surface area (Å²) in [4.78, 5) is 0. The van der Waals surface area contributed by atoms with Gasteiger partial charge in [0.2, 0.25) is 0 Å². The molecule has 2 heteroatoms. The smallest absolute Gasteiger partial charge is 0.0655 e. The molecule has 0 nitrogen and oxygen atoms in total. The van der Waals surface area contributed by atoms with E-state index in [0.29, 0.717) is 5.00 Å². The molecule has 0 aliphatic heterocycles. The molecule has 0 aromatic carbocycles. The summed E-state index contributed by atoms with van der Waals surface area (Å²) in [5.74, 6) is 0. The minimum absolute atomic E-state index is 0.270. The highest BCUT2D eigenvalue weighted by Gasteiger charge is 2.34. The first-order valence-corrected chi connectivity index (χ1v) is 7.81. The van der Waals surface area contributed by atoms with Gasteiger partial charge in [-0.05, 0) is 5.41 Å². The lowest BCUT2D eigenvalue weighted by Gasteiger charge is -2.34. The van der Waals surface area contributed by atoms with Gasteiger partial charge in [0.15, 0.2) is 0 Å². The van der Waals surface area contributed by atoms with E-state index in [1.165, 1.54) is 0 Å². The fourth-order valence-electron chi connectivity index (χ4n) is 1.30. The van der Waals surface area contributed by atoms with Crippen LogP contribution in [0, 0.1) is 5.41 Å². The summed E-state index contributed by atoms with van der Waals surface area (Å²) >= 11 is 6.29. The third-order valence-corrected chi connectivity index (χ3v) is 6.53. The van der Waals surface area contributed by atoms with Crippen LogP contribution in [0.4, 0.5) is 0 Å². The van der Waals surface area contributed by atoms with E-state index in [2.05, 4.69) is 40.4 Å². The molecule has 0 radical (unpaired) electrons. The molecule has 0 saturated carbocycles. The van der Waals surface area contributed by atoms with Crippen molar-refractivity contribution in [3.63, 3.8) is 0 Å². The van der Waals surface area contributed by atoms with Crippen molar-refractivity contribution in [1.29, 1.82) is 0 Å². The number of alkyl halides is 1. The first kappa shape index (κ1) is 10.5. The van der Waals surface area contributed by atoms with Gasteiger partial charge in [-0.1, -0.05) is 40.4 Å². The van der Waals surface area contributed by atoms with Gasteiger partial charge >= 0.3 is 0 Å². The third-order valence-electron chi connectivity index (χ3n) is 1.52. The lowest BCUT2D eigenvalue weighted by molar-refractivity contribution is 0.441. The molecule has 0 heterocycles. The van der Waals surface area contributed by atoms with Crippen LogP contribution in [0.2, 0.25) is 19.6 Å². The highest BCUT2D eigenvalue weighted by Crippen LogP contribution is 2.31. The van der Waals surface area contributed by atoms with Gasteiger partial charge in [-0.2, -0.15) is 0 Å². The summed E-state index contributed by atoms with van der Waals surface area (Å²) in [6.45, 7) is 13.6. The lowest BCUT2D eigenvalue weighted by atomic mass is 10.00. The first-order valence-electron chi connectivity index (χ1n) is 3.80. The average Bonchev–Trinajstić information content (AvgIpc) is 1.59. The molecular weight excluding hydrogens is 160 g/mol. The van der Waals surface area contributed by atoms with E-state index in [1.54, 1.807) is 0 Å². The van der Waals surface area contributed by atoms with Crippen LogP contribution in [0.5, 0.6) is 0 Å². The van der Waals surface area contributed by atoms with Crippen LogP contribution < -0.4 is 0 Å². The Bertz CT molecular complexity index is 93.4. The van der Waals surface area contributed by atoms with Crippen LogP contribution in [0.25, 0.3) is 0 Å². The molecule has 0 amide bonds. The second-order valence-corrected chi connectivity index (χ2v) is 11.2. The monoisotopic (exact) mass is 178 g/mol. The topological polar surface area (TPSA) is 0 Å². The molecule has 62 valence electrons. The maximum absolute atomic E-state index is 6.29. The standard InChI is InChI=1S/C8H19ClSi/c1-8(2,3)7(9)10(4,5)6/h7H,1-6H3. The van der Waals surface area contributed by atoms with E-state index in [-0.39, 0.29) is 5.41 Å². The second kappa shape index (κ2) is 2.86. The van der Waals surface area contributed by atoms with Gasteiger partial charge in [0.05, 0.1) is 8.07 Å². The van der Waals surface area contributed by atoms with Crippen LogP contribution in [0.1, 0.15) is 20.8 Å². The predicted molar refractivity (Wildman–Crippen MR) is 52.4 cm³/mol. The van der Waals surface area contributed by atoms with E-state index in [1.807, 2.05) is 0 Å². The molecule has 1 atom stereocenters. The van der Waals surface area contributed by atoms with Crippen LogP contribution in [-0.2, 0) is 0 Å². The number of hydrogen-bond acceptors (Lipinski definition) is 0. The minimum atomic E-state index is -1.13. The van der Waals surface area contributed by atoms with Crippen molar-refractivity contribution in [2.45, 2.75) is 45.4 Å². The lowest BCUT2D eigenvalue weighted by Crippen LogP contribution is -2.42. The molecule has 0 N–H and O–H groups in total. The van der Waals surface area contributed by atoms with Crippen molar-refractivity contribution in [2.75, 3.05) is 0 Å². The first-order chi connectivity index (χ1) is 4.15. The van der Waals surface area contributed by atoms with Gasteiger partial charge in [-0.3, -0.25) is 0 Å². The SMILES string of the molecule is CC(C)(C)C(Cl)[Si](C)(C)C. The number of halogens is 1. The highest BCUT2D eigenvalue weighted by molar-refractivity contribution is 6.84. The van der Waals surface area contributed by atoms with E-state index in [0.717, 1.165) is 0 Å². The van der Waals surface area contributed by atoms with Crippen LogP contribution in [-0.4, -0.2) is 13.1 Å². The van der Waals surface area contributed by atoms with Crippen molar-refractivity contribution >= 4 is 19.7 Å². The van der Waals surface area contributed by atoms with Crippen molar-refractivity contribution in [2.24, 2.45) is 5.41 Å². The van der Waals surface area contributed by atoms with Crippen molar-refractivity contribution < 1.29 is 0 Å². The highest BCUT2D eigenvalue weighted by atomic mass is 35.5. The maximum Gasteiger partial charge on any atom is 0.0655 e. The second-order valence-electron chi connectivity index (χ2n) is 5.09. The summed E-state index contributed by atoms with van der Waals surface area (Å²) in [6.07, 6.45) is 0. The molecule has 0 aliphatic rings. The molecule has 0 rings (SSSR count). The number of rotatable bonds is 1. The zero-order valence-corrected chi connectivity index (χ0v) is 9.71. The summed E-state index contributed by atoms with van der Waals surface area (Å²) in [5, 5.41) is 0.375. The Labute approximate surface area is 71.0 Å². The predicted octanol–water partition coefficient (Wildman–Crippen LogP) is 3.52. The van der Waals surface area contributed by atoms with E-state index >= 15 is 0 Å². The Hall–Kier alpha value is 0.507. The summed E-state index contributed by atoms with van der Waals surface area (Å²) < 4.78 is 0. The van der Waals surface area contributed by atoms with Gasteiger partial charge in [0.1, 0.15) is 0 Å². The molecule has 0 aliphatic carbocycles. The van der Waals surface area contributed by atoms with Crippen molar-refractivity contribution in [3.8, 4) is 0 Å². The Morgan fingerprint density at radius 2 is 1.40 bits per heavy atom. The maximum atomic E-state index is 6.29. The Balaban J connectivity index is 4.23. The van der Waals surface area contributed by atoms with Crippen LogP contribution in [0.15, 0.2) is 0 Å². The van der Waals surface area contributed by atoms with Crippen molar-refractivity contribution in [1.82, 2.24) is 0 Å². The molecule has 1 unspecified atom stereocenters. The number of hydrogen-bond donors (Lipinski definition) is 0. The zero-order chi connectivity index (χ0) is 8.58. The van der Waals surface area contributed by atoms with E-state index < -0.39 is 8.07 Å². The van der Waals surface area contributed by atoms with Crippen molar-refractivity contribution in [3.05, 3.63) is 0 Å². The molecule has 0 spiro atoms. The normalized spacial score (nSPS) is 17.1. The molecule has 0 saturated heterocycles. The Morgan fingerprint density at radius 1 is 1.10 bits per heavy atom. The van der Waals surface area contributed by atoms with Gasteiger partial charge < -0.3 is 0 Å². The fraction of sp³-hybridized carbons (Fsp3) is 1.00. The van der Waals surface area contributed by atoms with E-state index in [9.17, 15) is 0 Å². The van der Waals surface area contributed by atoms with Crippen LogP contribution >= 0.6 is 11.6 Å². The molecule has 0 aromatic heterocycles. The minimum Gasteiger partial charge on any atom is -0.126 e. The molecule has 0 aromatic rings. The molecule has 0 fully saturated rings. The van der Waals surface area contributed by atoms with E-state index in [4.69, 9.17) is 11.6 Å². The van der Waals surface area contributed by atoms with Crippen LogP contribution in [0.3, 0.4) is 0 Å². The Kier molecular flexibility index (Phi) is 3.01. The van der Waals surface area contributed by atoms with Gasteiger partial charge in [-0.15, -0.1) is 11.6 Å². The fourth-order valence-corrected chi connectivity index (χ4v) is 3.90. The summed E-state index contributed by atoms with van der Waals surface area (Å²) in [5.41, 5.74) is 0.270. The molecule has 0 bridgehead atoms. The molecular formula is C8H19ClSi. The average molecular weight is 179 g/mol.